The Kier molecular flexibility index (Phi) is 16.2. The summed E-state index contributed by atoms with van der Waals surface area (Å²) in [4.78, 5) is 91.2. The van der Waals surface area contributed by atoms with E-state index in [9.17, 15) is 45.6 Å². The maximum Gasteiger partial charge on any atom is 0.418 e. The van der Waals surface area contributed by atoms with Gasteiger partial charge in [0.1, 0.15) is 23.3 Å². The fraction of sp³-hybridized carbons (Fsp3) is 0.833. The molecule has 28 heteroatoms. The lowest BCUT2D eigenvalue weighted by Gasteiger charge is -2.36. The molecule has 0 aromatic heterocycles. The molecular weight excluding hydrogens is 897 g/mol. The van der Waals surface area contributed by atoms with Crippen molar-refractivity contribution in [3.8, 4) is 0 Å². The van der Waals surface area contributed by atoms with Crippen LogP contribution in [0.1, 0.15) is 106 Å². The summed E-state index contributed by atoms with van der Waals surface area (Å²) in [5, 5.41) is 1.15. The van der Waals surface area contributed by atoms with E-state index in [1.165, 1.54) is 9.80 Å². The Morgan fingerprint density at radius 3 is 1.28 bits per heavy atom. The average Bonchev–Trinajstić information content (AvgIpc) is 3.55. The summed E-state index contributed by atoms with van der Waals surface area (Å²) < 4.78 is 81.1. The van der Waals surface area contributed by atoms with E-state index in [2.05, 4.69) is 19.5 Å². The van der Waals surface area contributed by atoms with Gasteiger partial charge in [0, 0.05) is 26.2 Å². The van der Waals surface area contributed by atoms with Gasteiger partial charge in [0.25, 0.3) is 11.8 Å². The molecule has 6 heterocycles. The van der Waals surface area contributed by atoms with Crippen LogP contribution in [0.3, 0.4) is 0 Å². The zero-order valence-electron chi connectivity index (χ0n) is 36.7. The van der Waals surface area contributed by atoms with Gasteiger partial charge in [-0.15, -0.1) is 8.57 Å². The lowest BCUT2D eigenvalue weighted by Crippen LogP contribution is -2.52. The van der Waals surface area contributed by atoms with Crippen molar-refractivity contribution in [3.63, 3.8) is 0 Å². The number of urea groups is 2. The van der Waals surface area contributed by atoms with Crippen molar-refractivity contribution < 1.29 is 82.4 Å². The molecule has 0 saturated carbocycles. The van der Waals surface area contributed by atoms with Gasteiger partial charge in [-0.25, -0.2) is 30.1 Å². The van der Waals surface area contributed by atoms with E-state index < -0.39 is 92.2 Å². The third-order valence-electron chi connectivity index (χ3n) is 11.0. The van der Waals surface area contributed by atoms with Crippen LogP contribution in [0.15, 0.2) is 0 Å². The summed E-state index contributed by atoms with van der Waals surface area (Å²) in [6, 6.07) is -5.09. The molecule has 6 saturated heterocycles. The number of hydrogen-bond donors (Lipinski definition) is 4. The van der Waals surface area contributed by atoms with Crippen LogP contribution in [0.25, 0.3) is 0 Å². The highest BCUT2D eigenvalue weighted by molar-refractivity contribution is 7.81. The monoisotopic (exact) mass is 956 g/mol. The largest absolute Gasteiger partial charge is 0.444 e. The van der Waals surface area contributed by atoms with Gasteiger partial charge < -0.3 is 29.1 Å². The number of carbonyl (C=O) groups is 6. The van der Waals surface area contributed by atoms with Crippen LogP contribution in [0.4, 0.5) is 19.2 Å². The molecule has 364 valence electrons. The molecule has 0 spiro atoms. The number of likely N-dealkylation sites (tertiary alicyclic amines) is 2. The highest BCUT2D eigenvalue weighted by atomic mass is 32.3. The molecule has 6 rings (SSSR count). The van der Waals surface area contributed by atoms with Crippen LogP contribution in [0.5, 0.6) is 0 Å². The number of nitrogens with one attached hydrogen (secondary N) is 2. The quantitative estimate of drug-likeness (QED) is 0.160. The number of carbonyl (C=O) groups excluding carboxylic acids is 6. The van der Waals surface area contributed by atoms with Crippen molar-refractivity contribution in [2.75, 3.05) is 39.4 Å². The molecule has 2 unspecified atom stereocenters. The van der Waals surface area contributed by atoms with E-state index in [0.717, 1.165) is 25.7 Å². The Balaban J connectivity index is 0.000000241. The van der Waals surface area contributed by atoms with Crippen molar-refractivity contribution in [1.29, 1.82) is 0 Å². The Morgan fingerprint density at radius 2 is 0.953 bits per heavy atom. The van der Waals surface area contributed by atoms with Crippen LogP contribution >= 0.6 is 0 Å². The third-order valence-corrected chi connectivity index (χ3v) is 11.7. The van der Waals surface area contributed by atoms with Crippen molar-refractivity contribution >= 4 is 56.9 Å². The predicted molar refractivity (Wildman–Crippen MR) is 216 cm³/mol. The maximum atomic E-state index is 12.6. The molecule has 6 fully saturated rings. The molecule has 0 aliphatic carbocycles. The molecule has 0 aromatic carbocycles. The van der Waals surface area contributed by atoms with Gasteiger partial charge in [-0.1, -0.05) is 0 Å². The third kappa shape index (κ3) is 13.8. The first-order valence-corrected chi connectivity index (χ1v) is 23.8. The van der Waals surface area contributed by atoms with Gasteiger partial charge in [0.05, 0.1) is 37.4 Å². The van der Waals surface area contributed by atoms with Gasteiger partial charge in [0.15, 0.2) is 0 Å². The van der Waals surface area contributed by atoms with Gasteiger partial charge in [-0.3, -0.25) is 28.4 Å². The standard InChI is InChI=1S/2C18H30N4O9S/c2*1-18(2,3)30-17(25)20-9-5-4-6-13(20)11-29-19-15(23)14-8-7-12-10-21(14)16(24)22(12)31-32(26,27)28/h2*12-14H,4-11H2,1-3H3,(H,19,23)(H,26,27,28)/t2*12-,13?,14+/m11/s1. The van der Waals surface area contributed by atoms with E-state index in [-0.39, 0.29) is 51.2 Å². The van der Waals surface area contributed by atoms with E-state index >= 15 is 0 Å². The first kappa shape index (κ1) is 50.7. The second-order valence-electron chi connectivity index (χ2n) is 18.2. The molecule has 26 nitrogen and oxygen atoms in total. The van der Waals surface area contributed by atoms with Crippen molar-refractivity contribution in [3.05, 3.63) is 0 Å². The SMILES string of the molecule is CC(C)(C)OC(=O)N1CCCCC1CONC(=O)[C@@H]1CC[C@@H]2CN1C(=O)N2OS(=O)(=O)O.CC(C)(C)OC(=O)N1CCCCC1CONC(=O)[C@@H]1CC[C@@H]2CN1C(=O)N2OS(=O)(=O)O. The zero-order valence-corrected chi connectivity index (χ0v) is 38.3. The first-order valence-electron chi connectivity index (χ1n) is 21.1. The lowest BCUT2D eigenvalue weighted by atomic mass is 10.0. The second kappa shape index (κ2) is 20.5. The molecule has 0 aromatic rings. The molecule has 4 bridgehead atoms. The second-order valence-corrected chi connectivity index (χ2v) is 20.2. The van der Waals surface area contributed by atoms with Gasteiger partial charge in [0.2, 0.25) is 0 Å². The van der Waals surface area contributed by atoms with Gasteiger partial charge >= 0.3 is 45.0 Å². The average molecular weight is 957 g/mol. The summed E-state index contributed by atoms with van der Waals surface area (Å²) in [6.07, 6.45) is 5.22. The molecular formula is C36H60N8O18S2. The lowest BCUT2D eigenvalue weighted by molar-refractivity contribution is -0.141. The molecule has 6 atom stereocenters. The Labute approximate surface area is 371 Å². The number of rotatable bonds is 12. The topological polar surface area (TPSA) is 310 Å². The number of ether oxygens (including phenoxy) is 2. The van der Waals surface area contributed by atoms with E-state index in [4.69, 9.17) is 28.3 Å². The number of hydrogen-bond acceptors (Lipinski definition) is 16. The van der Waals surface area contributed by atoms with Crippen LogP contribution in [-0.2, 0) is 58.1 Å². The molecule has 6 aliphatic heterocycles. The van der Waals surface area contributed by atoms with E-state index in [1.807, 2.05) is 0 Å². The molecule has 6 aliphatic rings. The minimum absolute atomic E-state index is 0.0618. The Hall–Kier alpha value is -4.32. The van der Waals surface area contributed by atoms with Crippen molar-refractivity contribution in [2.24, 2.45) is 0 Å². The highest BCUT2D eigenvalue weighted by Crippen LogP contribution is 2.32. The molecule has 64 heavy (non-hydrogen) atoms. The van der Waals surface area contributed by atoms with Gasteiger partial charge in [-0.05, 0) is 106 Å². The van der Waals surface area contributed by atoms with Crippen molar-refractivity contribution in [1.82, 2.24) is 40.7 Å². The molecule has 0 radical (unpaired) electrons. The minimum Gasteiger partial charge on any atom is -0.444 e. The van der Waals surface area contributed by atoms with Crippen LogP contribution in [0, 0.1) is 0 Å². The summed E-state index contributed by atoms with van der Waals surface area (Å²) in [7, 11) is -9.71. The Morgan fingerprint density at radius 1 is 0.594 bits per heavy atom. The van der Waals surface area contributed by atoms with E-state index in [1.54, 1.807) is 51.3 Å². The smallest absolute Gasteiger partial charge is 0.418 e. The Bertz CT molecular complexity index is 1830. The number of fused-ring (bicyclic) bond motifs is 4. The zero-order chi connectivity index (χ0) is 47.4. The van der Waals surface area contributed by atoms with Crippen LogP contribution in [-0.4, -0.2) is 179 Å². The summed E-state index contributed by atoms with van der Waals surface area (Å²) in [6.45, 7) is 12.1. The highest BCUT2D eigenvalue weighted by Gasteiger charge is 2.51. The first-order chi connectivity index (χ1) is 29.7. The number of nitrogens with zero attached hydrogens (tertiary/aromatic N) is 6. The predicted octanol–water partition coefficient (Wildman–Crippen LogP) is 1.65. The normalized spacial score (nSPS) is 26.3. The van der Waals surface area contributed by atoms with E-state index in [0.29, 0.717) is 48.9 Å². The molecule has 8 amide bonds. The van der Waals surface area contributed by atoms with Crippen LogP contribution in [0.2, 0.25) is 0 Å². The van der Waals surface area contributed by atoms with Crippen molar-refractivity contribution in [2.45, 2.75) is 153 Å². The summed E-state index contributed by atoms with van der Waals surface area (Å²) in [5.41, 5.74) is 3.42. The number of amides is 8. The van der Waals surface area contributed by atoms with Gasteiger partial charge in [-0.2, -0.15) is 27.0 Å². The molecule has 4 N–H and O–H groups in total. The summed E-state index contributed by atoms with van der Waals surface area (Å²) in [5.74, 6) is -1.13. The minimum atomic E-state index is -4.86. The number of piperidine rings is 4. The number of hydroxylamine groups is 6. The fourth-order valence-corrected chi connectivity index (χ4v) is 9.01. The fourth-order valence-electron chi connectivity index (χ4n) is 8.23. The maximum absolute atomic E-state index is 12.6. The summed E-state index contributed by atoms with van der Waals surface area (Å²) >= 11 is 0. The van der Waals surface area contributed by atoms with Crippen LogP contribution < -0.4 is 11.0 Å².